The first-order valence-electron chi connectivity index (χ1n) is 10.1. The Morgan fingerprint density at radius 2 is 1.71 bits per heavy atom. The summed E-state index contributed by atoms with van der Waals surface area (Å²) < 4.78 is 32.9. The fraction of sp³-hybridized carbons (Fsp3) is 0.318. The third-order valence-electron chi connectivity index (χ3n) is 5.37. The standard InChI is InChI=1S/C22H24N4O4S/c1-15-3-5-17(6-4-15)21-24-22(30-25-21)18-11-13-26(14-12-18)31(28,29)20-9-7-19(8-10-20)23-16(2)27/h3-10,18H,11-14H2,1-2H3,(H,23,27). The summed E-state index contributed by atoms with van der Waals surface area (Å²) in [6, 6.07) is 14.1. The van der Waals surface area contributed by atoms with Crippen LogP contribution in [-0.2, 0) is 14.8 Å². The Kier molecular flexibility index (Phi) is 5.88. The van der Waals surface area contributed by atoms with Crippen LogP contribution in [0.25, 0.3) is 11.4 Å². The number of sulfonamides is 1. The molecule has 1 saturated heterocycles. The Hall–Kier alpha value is -3.04. The summed E-state index contributed by atoms with van der Waals surface area (Å²) in [4.78, 5) is 15.9. The van der Waals surface area contributed by atoms with E-state index in [1.807, 2.05) is 31.2 Å². The molecule has 2 heterocycles. The first-order valence-corrected chi connectivity index (χ1v) is 11.6. The Morgan fingerprint density at radius 1 is 1.06 bits per heavy atom. The topological polar surface area (TPSA) is 105 Å². The van der Waals surface area contributed by atoms with Gasteiger partial charge in [0.05, 0.1) is 4.90 Å². The zero-order chi connectivity index (χ0) is 22.0. The van der Waals surface area contributed by atoms with Crippen LogP contribution in [0, 0.1) is 6.92 Å². The number of nitrogens with one attached hydrogen (secondary N) is 1. The molecule has 9 heteroatoms. The van der Waals surface area contributed by atoms with E-state index in [2.05, 4.69) is 15.5 Å². The number of nitrogens with zero attached hydrogens (tertiary/aromatic N) is 3. The number of carbonyl (C=O) groups is 1. The summed E-state index contributed by atoms with van der Waals surface area (Å²) in [5, 5.41) is 6.72. The third-order valence-corrected chi connectivity index (χ3v) is 7.28. The summed E-state index contributed by atoms with van der Waals surface area (Å²) in [6.07, 6.45) is 1.22. The number of amides is 1. The van der Waals surface area contributed by atoms with Crippen LogP contribution in [-0.4, -0.2) is 41.9 Å². The van der Waals surface area contributed by atoms with E-state index in [-0.39, 0.29) is 16.7 Å². The van der Waals surface area contributed by atoms with Gasteiger partial charge in [-0.15, -0.1) is 0 Å². The van der Waals surface area contributed by atoms with E-state index in [9.17, 15) is 13.2 Å². The fourth-order valence-corrected chi connectivity index (χ4v) is 5.10. The molecule has 2 aromatic carbocycles. The predicted molar refractivity (Wildman–Crippen MR) is 116 cm³/mol. The molecule has 1 aromatic heterocycles. The predicted octanol–water partition coefficient (Wildman–Crippen LogP) is 3.57. The summed E-state index contributed by atoms with van der Waals surface area (Å²) >= 11 is 0. The quantitative estimate of drug-likeness (QED) is 0.650. The van der Waals surface area contributed by atoms with Gasteiger partial charge in [-0.25, -0.2) is 8.42 Å². The van der Waals surface area contributed by atoms with E-state index < -0.39 is 10.0 Å². The summed E-state index contributed by atoms with van der Waals surface area (Å²) in [7, 11) is -3.60. The van der Waals surface area contributed by atoms with E-state index in [0.717, 1.165) is 11.1 Å². The van der Waals surface area contributed by atoms with Gasteiger partial charge in [0.15, 0.2) is 0 Å². The maximum absolute atomic E-state index is 13.0. The van der Waals surface area contributed by atoms with Crippen LogP contribution < -0.4 is 5.32 Å². The highest BCUT2D eigenvalue weighted by Crippen LogP contribution is 2.31. The third kappa shape index (κ3) is 4.67. The molecule has 1 aliphatic rings. The maximum Gasteiger partial charge on any atom is 0.243 e. The molecule has 1 amide bonds. The van der Waals surface area contributed by atoms with Gasteiger partial charge in [-0.1, -0.05) is 35.0 Å². The zero-order valence-electron chi connectivity index (χ0n) is 17.4. The number of hydrogen-bond acceptors (Lipinski definition) is 6. The second-order valence-corrected chi connectivity index (χ2v) is 9.64. The molecule has 0 aliphatic carbocycles. The number of rotatable bonds is 5. The van der Waals surface area contributed by atoms with Crippen LogP contribution in [0.1, 0.15) is 37.1 Å². The molecule has 4 rings (SSSR count). The SMILES string of the molecule is CC(=O)Nc1ccc(S(=O)(=O)N2CCC(c3nc(-c4ccc(C)cc4)no3)CC2)cc1. The molecule has 0 spiro atoms. The highest BCUT2D eigenvalue weighted by molar-refractivity contribution is 7.89. The Labute approximate surface area is 181 Å². The summed E-state index contributed by atoms with van der Waals surface area (Å²) in [5.74, 6) is 0.918. The molecule has 8 nitrogen and oxygen atoms in total. The largest absolute Gasteiger partial charge is 0.339 e. The lowest BCUT2D eigenvalue weighted by molar-refractivity contribution is -0.114. The van der Waals surface area contributed by atoms with Gasteiger partial charge in [-0.05, 0) is 44.0 Å². The number of hydrogen-bond donors (Lipinski definition) is 1. The van der Waals surface area contributed by atoms with Crippen LogP contribution in [0.5, 0.6) is 0 Å². The molecule has 1 aliphatic heterocycles. The van der Waals surface area contributed by atoms with E-state index >= 15 is 0 Å². The molecule has 0 saturated carbocycles. The molecular weight excluding hydrogens is 416 g/mol. The van der Waals surface area contributed by atoms with Gasteiger partial charge in [-0.3, -0.25) is 4.79 Å². The first-order chi connectivity index (χ1) is 14.8. The van der Waals surface area contributed by atoms with Crippen molar-refractivity contribution in [3.05, 3.63) is 60.0 Å². The molecule has 31 heavy (non-hydrogen) atoms. The minimum Gasteiger partial charge on any atom is -0.339 e. The lowest BCUT2D eigenvalue weighted by atomic mass is 9.98. The van der Waals surface area contributed by atoms with Gasteiger partial charge in [0, 0.05) is 37.2 Å². The first kappa shape index (κ1) is 21.2. The van der Waals surface area contributed by atoms with Crippen molar-refractivity contribution in [3.8, 4) is 11.4 Å². The van der Waals surface area contributed by atoms with Crippen LogP contribution in [0.4, 0.5) is 5.69 Å². The molecule has 0 unspecified atom stereocenters. The number of carbonyl (C=O) groups excluding carboxylic acids is 1. The highest BCUT2D eigenvalue weighted by Gasteiger charge is 2.32. The van der Waals surface area contributed by atoms with E-state index in [1.54, 1.807) is 12.1 Å². The fourth-order valence-electron chi connectivity index (χ4n) is 3.63. The van der Waals surface area contributed by atoms with Gasteiger partial charge >= 0.3 is 0 Å². The maximum atomic E-state index is 13.0. The molecule has 1 fully saturated rings. The van der Waals surface area contributed by atoms with Crippen molar-refractivity contribution in [2.45, 2.75) is 37.5 Å². The molecule has 162 valence electrons. The van der Waals surface area contributed by atoms with Gasteiger partial charge in [0.2, 0.25) is 27.6 Å². The number of anilines is 1. The molecule has 0 radical (unpaired) electrons. The molecule has 0 atom stereocenters. The Bertz CT molecular complexity index is 1160. The molecule has 1 N–H and O–H groups in total. The highest BCUT2D eigenvalue weighted by atomic mass is 32.2. The normalized spacial score (nSPS) is 15.7. The molecule has 0 bridgehead atoms. The van der Waals surface area contributed by atoms with Crippen molar-refractivity contribution in [1.29, 1.82) is 0 Å². The average Bonchev–Trinajstić information content (AvgIpc) is 3.25. The lowest BCUT2D eigenvalue weighted by Crippen LogP contribution is -2.37. The van der Waals surface area contributed by atoms with Gasteiger partial charge in [0.25, 0.3) is 0 Å². The number of aryl methyl sites for hydroxylation is 1. The smallest absolute Gasteiger partial charge is 0.243 e. The minimum atomic E-state index is -3.60. The zero-order valence-corrected chi connectivity index (χ0v) is 18.2. The van der Waals surface area contributed by atoms with Gasteiger partial charge in [0.1, 0.15) is 0 Å². The van der Waals surface area contributed by atoms with Gasteiger partial charge in [-0.2, -0.15) is 9.29 Å². The Morgan fingerprint density at radius 3 is 2.32 bits per heavy atom. The number of aromatic nitrogens is 2. The van der Waals surface area contributed by atoms with Crippen molar-refractivity contribution in [1.82, 2.24) is 14.4 Å². The van der Waals surface area contributed by atoms with Gasteiger partial charge < -0.3 is 9.84 Å². The van der Waals surface area contributed by atoms with Crippen LogP contribution in [0.2, 0.25) is 0 Å². The Balaban J connectivity index is 1.41. The second-order valence-electron chi connectivity index (χ2n) is 7.71. The van der Waals surface area contributed by atoms with E-state index in [4.69, 9.17) is 4.52 Å². The van der Waals surface area contributed by atoms with Crippen molar-refractivity contribution < 1.29 is 17.7 Å². The summed E-state index contributed by atoms with van der Waals surface area (Å²) in [5.41, 5.74) is 2.61. The minimum absolute atomic E-state index is 0.0280. The molecular formula is C22H24N4O4S. The van der Waals surface area contributed by atoms with Crippen molar-refractivity contribution in [3.63, 3.8) is 0 Å². The van der Waals surface area contributed by atoms with Crippen molar-refractivity contribution >= 4 is 21.6 Å². The number of benzene rings is 2. The lowest BCUT2D eigenvalue weighted by Gasteiger charge is -2.29. The van der Waals surface area contributed by atoms with Crippen molar-refractivity contribution in [2.75, 3.05) is 18.4 Å². The van der Waals surface area contributed by atoms with Crippen LogP contribution in [0.3, 0.4) is 0 Å². The van der Waals surface area contributed by atoms with E-state index in [1.165, 1.54) is 23.4 Å². The van der Waals surface area contributed by atoms with Crippen LogP contribution >= 0.6 is 0 Å². The van der Waals surface area contributed by atoms with Crippen LogP contribution in [0.15, 0.2) is 57.9 Å². The second kappa shape index (κ2) is 8.60. The monoisotopic (exact) mass is 440 g/mol. The van der Waals surface area contributed by atoms with Crippen molar-refractivity contribution in [2.24, 2.45) is 0 Å². The summed E-state index contributed by atoms with van der Waals surface area (Å²) in [6.45, 7) is 4.18. The average molecular weight is 441 g/mol. The number of piperidine rings is 1. The van der Waals surface area contributed by atoms with E-state index in [0.29, 0.717) is 43.3 Å². The molecule has 3 aromatic rings.